The summed E-state index contributed by atoms with van der Waals surface area (Å²) in [6.07, 6.45) is -0.881. The predicted molar refractivity (Wildman–Crippen MR) is 106 cm³/mol. The first-order valence-electron chi connectivity index (χ1n) is 8.87. The molecule has 0 saturated heterocycles. The van der Waals surface area contributed by atoms with Crippen molar-refractivity contribution in [1.82, 2.24) is 0 Å². The molecule has 0 radical (unpaired) electrons. The molecule has 5 nitrogen and oxygen atoms in total. The molecule has 0 fully saturated rings. The van der Waals surface area contributed by atoms with Crippen LogP contribution >= 0.6 is 11.6 Å². The molecule has 0 heterocycles. The fourth-order valence-electron chi connectivity index (χ4n) is 2.59. The van der Waals surface area contributed by atoms with Crippen molar-refractivity contribution in [3.63, 3.8) is 0 Å². The Kier molecular flexibility index (Phi) is 7.92. The number of halogens is 1. The number of ether oxygens (including phenoxy) is 2. The van der Waals surface area contributed by atoms with Crippen LogP contribution in [0.3, 0.4) is 0 Å². The molecule has 0 aliphatic rings. The van der Waals surface area contributed by atoms with E-state index in [1.165, 1.54) is 0 Å². The van der Waals surface area contributed by atoms with E-state index >= 15 is 0 Å². The molecule has 0 bridgehead atoms. The molecule has 0 aliphatic heterocycles. The van der Waals surface area contributed by atoms with E-state index < -0.39 is 11.5 Å². The Labute approximate surface area is 165 Å². The van der Waals surface area contributed by atoms with Gasteiger partial charge in [-0.05, 0) is 35.4 Å². The fourth-order valence-corrected chi connectivity index (χ4v) is 2.65. The molecule has 3 N–H and O–H groups in total. The van der Waals surface area contributed by atoms with Gasteiger partial charge in [0.15, 0.2) is 0 Å². The highest BCUT2D eigenvalue weighted by Crippen LogP contribution is 2.33. The van der Waals surface area contributed by atoms with Gasteiger partial charge in [-0.2, -0.15) is 0 Å². The summed E-state index contributed by atoms with van der Waals surface area (Å²) in [6.45, 7) is 4.14. The minimum absolute atomic E-state index is 0.0557. The van der Waals surface area contributed by atoms with E-state index in [9.17, 15) is 5.11 Å². The average molecular weight is 395 g/mol. The van der Waals surface area contributed by atoms with Gasteiger partial charge in [0.2, 0.25) is 0 Å². The third kappa shape index (κ3) is 6.11. The molecule has 0 amide bonds. The summed E-state index contributed by atoms with van der Waals surface area (Å²) in [4.78, 5) is 0. The highest BCUT2D eigenvalue weighted by Gasteiger charge is 2.23. The number of rotatable bonds is 10. The molecule has 148 valence electrons. The van der Waals surface area contributed by atoms with Crippen LogP contribution in [-0.4, -0.2) is 53.2 Å². The van der Waals surface area contributed by atoms with E-state index in [0.717, 1.165) is 11.1 Å². The van der Waals surface area contributed by atoms with E-state index in [-0.39, 0.29) is 31.8 Å². The Balaban J connectivity index is 2.04. The number of hydrogen-bond donors (Lipinski definition) is 3. The van der Waals surface area contributed by atoms with E-state index in [1.807, 2.05) is 48.5 Å². The summed E-state index contributed by atoms with van der Waals surface area (Å²) < 4.78 is 11.0. The second-order valence-electron chi connectivity index (χ2n) is 6.91. The topological polar surface area (TPSA) is 79.2 Å². The third-order valence-electron chi connectivity index (χ3n) is 4.43. The summed E-state index contributed by atoms with van der Waals surface area (Å²) >= 11 is 5.85. The van der Waals surface area contributed by atoms with Crippen molar-refractivity contribution < 1.29 is 24.8 Å². The zero-order valence-electron chi connectivity index (χ0n) is 15.6. The zero-order chi connectivity index (χ0) is 19.9. The first kappa shape index (κ1) is 21.5. The number of aliphatic hydroxyl groups is 3. The Bertz CT molecular complexity index is 625. The summed E-state index contributed by atoms with van der Waals surface area (Å²) in [6, 6.07) is 15.5. The van der Waals surface area contributed by atoms with Crippen LogP contribution < -0.4 is 9.47 Å². The SMILES string of the molecule is CC(C)(c1ccc(OC[C@H](O)CO)cc1)c1ccc(OC[C@H](Cl)CO)cc1. The molecule has 6 heteroatoms. The molecule has 2 atom stereocenters. The molecule has 0 aromatic heterocycles. The molecule has 0 aliphatic carbocycles. The van der Waals surface area contributed by atoms with Crippen LogP contribution in [0.5, 0.6) is 11.5 Å². The molecule has 27 heavy (non-hydrogen) atoms. The maximum atomic E-state index is 9.35. The second-order valence-corrected chi connectivity index (χ2v) is 7.53. The van der Waals surface area contributed by atoms with Gasteiger partial charge < -0.3 is 24.8 Å². The van der Waals surface area contributed by atoms with Gasteiger partial charge in [-0.3, -0.25) is 0 Å². The van der Waals surface area contributed by atoms with Crippen molar-refractivity contribution in [2.24, 2.45) is 0 Å². The highest BCUT2D eigenvalue weighted by molar-refractivity contribution is 6.20. The van der Waals surface area contributed by atoms with E-state index in [1.54, 1.807) is 0 Å². The van der Waals surface area contributed by atoms with Gasteiger partial charge in [0.05, 0.1) is 18.6 Å². The molecule has 2 aromatic carbocycles. The third-order valence-corrected chi connectivity index (χ3v) is 4.70. The summed E-state index contributed by atoms with van der Waals surface area (Å²) in [5, 5.41) is 26.7. The quantitative estimate of drug-likeness (QED) is 0.540. The Morgan fingerprint density at radius 2 is 1.26 bits per heavy atom. The Morgan fingerprint density at radius 1 is 0.815 bits per heavy atom. The molecule has 2 aromatic rings. The van der Waals surface area contributed by atoms with Crippen molar-refractivity contribution in [3.8, 4) is 11.5 Å². The van der Waals surface area contributed by atoms with Crippen LogP contribution in [0.1, 0.15) is 25.0 Å². The van der Waals surface area contributed by atoms with Crippen LogP contribution in [0.15, 0.2) is 48.5 Å². The molecule has 2 rings (SSSR count). The predicted octanol–water partition coefficient (Wildman–Crippen LogP) is 2.72. The monoisotopic (exact) mass is 394 g/mol. The number of aliphatic hydroxyl groups excluding tert-OH is 3. The number of alkyl halides is 1. The molecular weight excluding hydrogens is 368 g/mol. The van der Waals surface area contributed by atoms with Crippen LogP contribution in [0.4, 0.5) is 0 Å². The van der Waals surface area contributed by atoms with Crippen molar-refractivity contribution in [2.45, 2.75) is 30.7 Å². The van der Waals surface area contributed by atoms with Crippen molar-refractivity contribution >= 4 is 11.6 Å². The minimum atomic E-state index is -0.881. The summed E-state index contributed by atoms with van der Waals surface area (Å²) in [5.74, 6) is 1.35. The van der Waals surface area contributed by atoms with Crippen LogP contribution in [0, 0.1) is 0 Å². The molecule has 0 unspecified atom stereocenters. The first-order valence-corrected chi connectivity index (χ1v) is 9.31. The fraction of sp³-hybridized carbons (Fsp3) is 0.429. The van der Waals surface area contributed by atoms with Crippen molar-refractivity contribution in [1.29, 1.82) is 0 Å². The lowest BCUT2D eigenvalue weighted by Crippen LogP contribution is -2.21. The number of hydrogen-bond acceptors (Lipinski definition) is 5. The molecule has 0 saturated carbocycles. The number of benzene rings is 2. The zero-order valence-corrected chi connectivity index (χ0v) is 16.4. The van der Waals surface area contributed by atoms with E-state index in [4.69, 9.17) is 31.3 Å². The normalized spacial score (nSPS) is 13.9. The van der Waals surface area contributed by atoms with Crippen LogP contribution in [-0.2, 0) is 5.41 Å². The van der Waals surface area contributed by atoms with E-state index in [0.29, 0.717) is 11.5 Å². The molecular formula is C21H27ClO5. The van der Waals surface area contributed by atoms with Crippen molar-refractivity contribution in [2.75, 3.05) is 26.4 Å². The largest absolute Gasteiger partial charge is 0.492 e. The van der Waals surface area contributed by atoms with Gasteiger partial charge in [-0.15, -0.1) is 11.6 Å². The maximum Gasteiger partial charge on any atom is 0.119 e. The standard InChI is InChI=1S/C21H27ClO5/c1-21(2,15-3-7-19(8-4-15)26-13-17(22)11-23)16-5-9-20(10-6-16)27-14-18(25)12-24/h3-10,17-18,23-25H,11-14H2,1-2H3/t17-,18-/m1/s1. The van der Waals surface area contributed by atoms with Gasteiger partial charge in [-0.1, -0.05) is 38.1 Å². The minimum Gasteiger partial charge on any atom is -0.492 e. The first-order chi connectivity index (χ1) is 12.9. The van der Waals surface area contributed by atoms with Gasteiger partial charge >= 0.3 is 0 Å². The summed E-state index contributed by atoms with van der Waals surface area (Å²) in [7, 11) is 0. The van der Waals surface area contributed by atoms with Gasteiger partial charge in [0.1, 0.15) is 30.8 Å². The van der Waals surface area contributed by atoms with Crippen LogP contribution in [0.2, 0.25) is 0 Å². The lowest BCUT2D eigenvalue weighted by atomic mass is 9.78. The van der Waals surface area contributed by atoms with Gasteiger partial charge in [-0.25, -0.2) is 0 Å². The Hall–Kier alpha value is -1.79. The van der Waals surface area contributed by atoms with E-state index in [2.05, 4.69) is 13.8 Å². The Morgan fingerprint density at radius 3 is 1.67 bits per heavy atom. The lowest BCUT2D eigenvalue weighted by Gasteiger charge is -2.26. The average Bonchev–Trinajstić information content (AvgIpc) is 2.70. The lowest BCUT2D eigenvalue weighted by molar-refractivity contribution is 0.0536. The maximum absolute atomic E-state index is 9.35. The highest BCUT2D eigenvalue weighted by atomic mass is 35.5. The van der Waals surface area contributed by atoms with Gasteiger partial charge in [0.25, 0.3) is 0 Å². The van der Waals surface area contributed by atoms with Gasteiger partial charge in [0, 0.05) is 5.41 Å². The van der Waals surface area contributed by atoms with Crippen molar-refractivity contribution in [3.05, 3.63) is 59.7 Å². The smallest absolute Gasteiger partial charge is 0.119 e. The summed E-state index contributed by atoms with van der Waals surface area (Å²) in [5.41, 5.74) is 2.03. The van der Waals surface area contributed by atoms with Crippen LogP contribution in [0.25, 0.3) is 0 Å². The second kappa shape index (κ2) is 9.95. The molecule has 0 spiro atoms.